The highest BCUT2D eigenvalue weighted by molar-refractivity contribution is 5.83. The Balaban J connectivity index is 1.39. The van der Waals surface area contributed by atoms with Gasteiger partial charge in [0.15, 0.2) is 0 Å². The summed E-state index contributed by atoms with van der Waals surface area (Å²) in [6.07, 6.45) is 5.75. The van der Waals surface area contributed by atoms with Gasteiger partial charge in [-0.15, -0.1) is 0 Å². The molecule has 5 heteroatoms. The molecule has 1 unspecified atom stereocenters. The Bertz CT molecular complexity index is 1010. The van der Waals surface area contributed by atoms with Crippen LogP contribution in [0.25, 0.3) is 10.9 Å². The number of H-pyrrole nitrogens is 1. The summed E-state index contributed by atoms with van der Waals surface area (Å²) in [5, 5.41) is 4.62. The monoisotopic (exact) mass is 403 g/mol. The number of piperidine rings is 1. The average molecular weight is 404 g/mol. The second-order valence-electron chi connectivity index (χ2n) is 8.69. The fraction of sp³-hybridized carbons (Fsp3) is 0.400. The molecule has 2 aromatic carbocycles. The van der Waals surface area contributed by atoms with Gasteiger partial charge >= 0.3 is 6.09 Å². The highest BCUT2D eigenvalue weighted by atomic mass is 16.6. The quantitative estimate of drug-likeness (QED) is 0.639. The van der Waals surface area contributed by atoms with E-state index in [0.717, 1.165) is 44.3 Å². The molecular weight excluding hydrogens is 374 g/mol. The van der Waals surface area contributed by atoms with Crippen LogP contribution in [0.4, 0.5) is 4.79 Å². The van der Waals surface area contributed by atoms with E-state index in [2.05, 4.69) is 71.1 Å². The lowest BCUT2D eigenvalue weighted by Gasteiger charge is -2.31. The number of amides is 1. The van der Waals surface area contributed by atoms with Crippen LogP contribution in [-0.4, -0.2) is 47.8 Å². The number of aryl methyl sites for hydroxylation is 1. The molecule has 0 radical (unpaired) electrons. The molecule has 1 spiro atoms. The minimum Gasteiger partial charge on any atom is -0.441 e. The maximum absolute atomic E-state index is 12.8. The van der Waals surface area contributed by atoms with E-state index >= 15 is 0 Å². The number of carbonyl (C=O) groups excluding carboxylic acids is 1. The first-order valence-electron chi connectivity index (χ1n) is 11.0. The summed E-state index contributed by atoms with van der Waals surface area (Å²) in [5.74, 6) is 0.255. The van der Waals surface area contributed by atoms with Crippen LogP contribution in [0.5, 0.6) is 0 Å². The molecule has 0 bridgehead atoms. The molecule has 1 amide bonds. The number of ether oxygens (including phenoxy) is 1. The number of carbonyl (C=O) groups is 1. The molecular formula is C25H29N3O2. The SMILES string of the molecule is O=C1OC2(CCNCC2)CN1CC(CCc1ccccc1)c1c[nH]c2ccccc12. The van der Waals surface area contributed by atoms with Gasteiger partial charge in [0.25, 0.3) is 0 Å². The van der Waals surface area contributed by atoms with Crippen LogP contribution >= 0.6 is 0 Å². The van der Waals surface area contributed by atoms with Gasteiger partial charge in [-0.05, 0) is 43.1 Å². The predicted molar refractivity (Wildman–Crippen MR) is 119 cm³/mol. The van der Waals surface area contributed by atoms with Crippen molar-refractivity contribution in [1.29, 1.82) is 0 Å². The molecule has 5 nitrogen and oxygen atoms in total. The van der Waals surface area contributed by atoms with E-state index in [4.69, 9.17) is 4.74 Å². The molecule has 5 rings (SSSR count). The van der Waals surface area contributed by atoms with Gasteiger partial charge in [-0.2, -0.15) is 0 Å². The summed E-state index contributed by atoms with van der Waals surface area (Å²) in [4.78, 5) is 18.1. The minimum atomic E-state index is -0.299. The maximum Gasteiger partial charge on any atom is 0.410 e. The van der Waals surface area contributed by atoms with Gasteiger partial charge in [0.1, 0.15) is 5.60 Å². The molecule has 0 aliphatic carbocycles. The van der Waals surface area contributed by atoms with Gasteiger partial charge in [0.2, 0.25) is 0 Å². The summed E-state index contributed by atoms with van der Waals surface area (Å²) >= 11 is 0. The Morgan fingerprint density at radius 3 is 2.63 bits per heavy atom. The van der Waals surface area contributed by atoms with Crippen molar-refractivity contribution < 1.29 is 9.53 Å². The van der Waals surface area contributed by atoms with Crippen molar-refractivity contribution in [2.75, 3.05) is 26.2 Å². The first kappa shape index (κ1) is 19.2. The third-order valence-corrected chi connectivity index (χ3v) is 6.68. The standard InChI is InChI=1S/C25H29N3O2/c29-24-28(18-25(30-24)12-14-26-15-13-25)17-20(11-10-19-6-2-1-3-7-19)22-16-27-23-9-5-4-8-21(22)23/h1-9,16,20,26-27H,10-15,17-18H2. The summed E-state index contributed by atoms with van der Waals surface area (Å²) in [6.45, 7) is 3.24. The average Bonchev–Trinajstić information content (AvgIpc) is 3.33. The zero-order valence-corrected chi connectivity index (χ0v) is 17.3. The molecule has 3 heterocycles. The first-order valence-corrected chi connectivity index (χ1v) is 11.0. The molecule has 2 aliphatic rings. The number of hydrogen-bond acceptors (Lipinski definition) is 3. The van der Waals surface area contributed by atoms with Crippen molar-refractivity contribution in [1.82, 2.24) is 15.2 Å². The number of aromatic nitrogens is 1. The second-order valence-corrected chi connectivity index (χ2v) is 8.69. The summed E-state index contributed by atoms with van der Waals surface area (Å²) < 4.78 is 5.91. The molecule has 156 valence electrons. The van der Waals surface area contributed by atoms with Crippen molar-refractivity contribution in [3.05, 3.63) is 71.9 Å². The lowest BCUT2D eigenvalue weighted by molar-refractivity contribution is 0.0316. The smallest absolute Gasteiger partial charge is 0.410 e. The highest BCUT2D eigenvalue weighted by Gasteiger charge is 2.46. The number of rotatable bonds is 6. The second kappa shape index (κ2) is 8.15. The molecule has 2 fully saturated rings. The Labute approximate surface area is 177 Å². The summed E-state index contributed by atoms with van der Waals surface area (Å²) in [7, 11) is 0. The topological polar surface area (TPSA) is 57.4 Å². The number of benzene rings is 2. The van der Waals surface area contributed by atoms with Gasteiger partial charge in [-0.25, -0.2) is 4.79 Å². The number of aromatic amines is 1. The Kier molecular flexibility index (Phi) is 5.21. The summed E-state index contributed by atoms with van der Waals surface area (Å²) in [6, 6.07) is 19.0. The van der Waals surface area contributed by atoms with Crippen LogP contribution in [0.1, 0.15) is 36.3 Å². The normalized spacial score (nSPS) is 19.3. The van der Waals surface area contributed by atoms with Gasteiger partial charge in [-0.1, -0.05) is 48.5 Å². The number of hydrogen-bond donors (Lipinski definition) is 2. The van der Waals surface area contributed by atoms with E-state index < -0.39 is 0 Å². The maximum atomic E-state index is 12.8. The number of nitrogens with zero attached hydrogens (tertiary/aromatic N) is 1. The highest BCUT2D eigenvalue weighted by Crippen LogP contribution is 2.35. The molecule has 3 aromatic rings. The largest absolute Gasteiger partial charge is 0.441 e. The fourth-order valence-corrected chi connectivity index (χ4v) is 5.00. The molecule has 1 aromatic heterocycles. The summed E-state index contributed by atoms with van der Waals surface area (Å²) in [5.41, 5.74) is 3.48. The van der Waals surface area contributed by atoms with Gasteiger partial charge < -0.3 is 19.9 Å². The van der Waals surface area contributed by atoms with E-state index in [0.29, 0.717) is 13.1 Å². The van der Waals surface area contributed by atoms with E-state index in [-0.39, 0.29) is 17.6 Å². The third kappa shape index (κ3) is 3.82. The van der Waals surface area contributed by atoms with Crippen molar-refractivity contribution in [2.45, 2.75) is 37.2 Å². The number of nitrogens with one attached hydrogen (secondary N) is 2. The van der Waals surface area contributed by atoms with Crippen LogP contribution in [0.2, 0.25) is 0 Å². The Morgan fingerprint density at radius 2 is 1.80 bits per heavy atom. The van der Waals surface area contributed by atoms with E-state index in [1.807, 2.05) is 4.90 Å². The number of fused-ring (bicyclic) bond motifs is 1. The van der Waals surface area contributed by atoms with E-state index in [1.165, 1.54) is 16.5 Å². The predicted octanol–water partition coefficient (Wildman–Crippen LogP) is 4.46. The Morgan fingerprint density at radius 1 is 1.03 bits per heavy atom. The van der Waals surface area contributed by atoms with Crippen molar-refractivity contribution in [3.63, 3.8) is 0 Å². The van der Waals surface area contributed by atoms with Crippen molar-refractivity contribution >= 4 is 17.0 Å². The zero-order valence-electron chi connectivity index (χ0n) is 17.3. The number of para-hydroxylation sites is 1. The zero-order chi connectivity index (χ0) is 20.4. The van der Waals surface area contributed by atoms with Crippen LogP contribution < -0.4 is 5.32 Å². The lowest BCUT2D eigenvalue weighted by atomic mass is 9.90. The van der Waals surface area contributed by atoms with Gasteiger partial charge in [-0.3, -0.25) is 0 Å². The van der Waals surface area contributed by atoms with Gasteiger partial charge in [0.05, 0.1) is 6.54 Å². The van der Waals surface area contributed by atoms with Crippen molar-refractivity contribution in [2.24, 2.45) is 0 Å². The molecule has 1 atom stereocenters. The molecule has 0 saturated carbocycles. The van der Waals surface area contributed by atoms with Gasteiger partial charge in [0, 0.05) is 42.4 Å². The minimum absolute atomic E-state index is 0.151. The molecule has 2 N–H and O–H groups in total. The Hall–Kier alpha value is -2.79. The fourth-order valence-electron chi connectivity index (χ4n) is 5.00. The molecule has 2 saturated heterocycles. The van der Waals surface area contributed by atoms with Crippen LogP contribution in [0.3, 0.4) is 0 Å². The van der Waals surface area contributed by atoms with E-state index in [9.17, 15) is 4.79 Å². The van der Waals surface area contributed by atoms with Crippen LogP contribution in [0.15, 0.2) is 60.8 Å². The first-order chi connectivity index (χ1) is 14.7. The lowest BCUT2D eigenvalue weighted by Crippen LogP contribution is -2.45. The third-order valence-electron chi connectivity index (χ3n) is 6.68. The van der Waals surface area contributed by atoms with Crippen LogP contribution in [0, 0.1) is 0 Å². The van der Waals surface area contributed by atoms with Crippen LogP contribution in [-0.2, 0) is 11.2 Å². The molecule has 30 heavy (non-hydrogen) atoms. The van der Waals surface area contributed by atoms with E-state index in [1.54, 1.807) is 0 Å². The molecule has 2 aliphatic heterocycles. The van der Waals surface area contributed by atoms with Crippen molar-refractivity contribution in [3.8, 4) is 0 Å².